The number of furan rings is 1. The van der Waals surface area contributed by atoms with Crippen LogP contribution in [0, 0.1) is 12.8 Å². The first-order chi connectivity index (χ1) is 16.3. The molecule has 1 unspecified atom stereocenters. The highest BCUT2D eigenvalue weighted by molar-refractivity contribution is 6.51. The van der Waals surface area contributed by atoms with Crippen LogP contribution < -0.4 is 14.4 Å². The van der Waals surface area contributed by atoms with E-state index < -0.39 is 17.7 Å². The number of carbonyl (C=O) groups is 2. The van der Waals surface area contributed by atoms with Gasteiger partial charge in [0.1, 0.15) is 34.8 Å². The molecule has 1 aromatic heterocycles. The molecule has 7 heteroatoms. The number of aliphatic hydroxyl groups is 1. The fourth-order valence-corrected chi connectivity index (χ4v) is 3.86. The number of Topliss-reactive ketones (excluding diaryl/α,β-unsaturated/α-hetero) is 1. The second-order valence-electron chi connectivity index (χ2n) is 8.55. The number of ketones is 1. The van der Waals surface area contributed by atoms with Crippen LogP contribution in [-0.4, -0.2) is 30.5 Å². The van der Waals surface area contributed by atoms with Crippen molar-refractivity contribution in [2.24, 2.45) is 5.92 Å². The van der Waals surface area contributed by atoms with Gasteiger partial charge in [0.05, 0.1) is 19.3 Å². The van der Waals surface area contributed by atoms with Gasteiger partial charge in [-0.3, -0.25) is 14.5 Å². The van der Waals surface area contributed by atoms with E-state index in [0.29, 0.717) is 46.8 Å². The van der Waals surface area contributed by atoms with Crippen molar-refractivity contribution in [3.05, 3.63) is 83.3 Å². The van der Waals surface area contributed by atoms with Crippen LogP contribution in [0.2, 0.25) is 0 Å². The first-order valence-electron chi connectivity index (χ1n) is 11.0. The van der Waals surface area contributed by atoms with Gasteiger partial charge >= 0.3 is 0 Å². The molecule has 2 aromatic carbocycles. The summed E-state index contributed by atoms with van der Waals surface area (Å²) in [6.45, 7) is 6.45. The third-order valence-corrected chi connectivity index (χ3v) is 5.52. The van der Waals surface area contributed by atoms with E-state index in [1.807, 2.05) is 0 Å². The Morgan fingerprint density at radius 3 is 2.41 bits per heavy atom. The normalized spacial score (nSPS) is 17.4. The minimum Gasteiger partial charge on any atom is -0.507 e. The average molecular weight is 462 g/mol. The molecule has 0 radical (unpaired) electrons. The van der Waals surface area contributed by atoms with Crippen molar-refractivity contribution in [3.8, 4) is 11.5 Å². The quantitative estimate of drug-likeness (QED) is 0.293. The second-order valence-corrected chi connectivity index (χ2v) is 8.55. The standard InChI is InChI=1S/C27H27NO6/c1-16(2)15-33-20-11-9-18(10-12-20)25(29)23-24(22-13-8-17(3)34-22)28(27(31)26(23)30)19-6-5-7-21(14-19)32-4/h5-14,16,24,29H,15H2,1-4H3/b25-23-. The number of rotatable bonds is 7. The molecule has 1 fully saturated rings. The zero-order valence-electron chi connectivity index (χ0n) is 19.6. The van der Waals surface area contributed by atoms with Crippen molar-refractivity contribution >= 4 is 23.1 Å². The van der Waals surface area contributed by atoms with E-state index in [-0.39, 0.29) is 11.3 Å². The summed E-state index contributed by atoms with van der Waals surface area (Å²) in [7, 11) is 1.52. The van der Waals surface area contributed by atoms with E-state index in [1.165, 1.54) is 12.0 Å². The zero-order valence-corrected chi connectivity index (χ0v) is 19.6. The van der Waals surface area contributed by atoms with Crippen molar-refractivity contribution in [1.82, 2.24) is 0 Å². The van der Waals surface area contributed by atoms with Gasteiger partial charge in [-0.05, 0) is 61.4 Å². The van der Waals surface area contributed by atoms with Gasteiger partial charge < -0.3 is 19.0 Å². The molecule has 1 atom stereocenters. The molecule has 34 heavy (non-hydrogen) atoms. The summed E-state index contributed by atoms with van der Waals surface area (Å²) >= 11 is 0. The SMILES string of the molecule is COc1cccc(N2C(=O)C(=O)/C(=C(\O)c3ccc(OCC(C)C)cc3)C2c2ccc(C)o2)c1. The lowest BCUT2D eigenvalue weighted by Crippen LogP contribution is -2.29. The molecule has 7 nitrogen and oxygen atoms in total. The Morgan fingerprint density at radius 1 is 1.06 bits per heavy atom. The van der Waals surface area contributed by atoms with Crippen LogP contribution >= 0.6 is 0 Å². The highest BCUT2D eigenvalue weighted by Crippen LogP contribution is 2.43. The van der Waals surface area contributed by atoms with Gasteiger partial charge in [0.2, 0.25) is 0 Å². The Balaban J connectivity index is 1.80. The Labute approximate surface area is 198 Å². The van der Waals surface area contributed by atoms with Gasteiger partial charge in [0.25, 0.3) is 11.7 Å². The highest BCUT2D eigenvalue weighted by Gasteiger charge is 2.48. The van der Waals surface area contributed by atoms with Gasteiger partial charge in [-0.2, -0.15) is 0 Å². The van der Waals surface area contributed by atoms with Gasteiger partial charge in [-0.25, -0.2) is 0 Å². The number of anilines is 1. The molecule has 1 saturated heterocycles. The molecular formula is C27H27NO6. The summed E-state index contributed by atoms with van der Waals surface area (Å²) in [6.07, 6.45) is 0. The predicted molar refractivity (Wildman–Crippen MR) is 128 cm³/mol. The summed E-state index contributed by atoms with van der Waals surface area (Å²) < 4.78 is 16.8. The maximum Gasteiger partial charge on any atom is 0.300 e. The van der Waals surface area contributed by atoms with Crippen LogP contribution in [-0.2, 0) is 9.59 Å². The summed E-state index contributed by atoms with van der Waals surface area (Å²) in [5.41, 5.74) is 0.809. The van der Waals surface area contributed by atoms with E-state index in [4.69, 9.17) is 13.9 Å². The molecule has 1 N–H and O–H groups in total. The van der Waals surface area contributed by atoms with Crippen LogP contribution in [0.1, 0.15) is 37.0 Å². The number of carbonyl (C=O) groups excluding carboxylic acids is 2. The predicted octanol–water partition coefficient (Wildman–Crippen LogP) is 5.26. The number of benzene rings is 2. The monoisotopic (exact) mass is 461 g/mol. The lowest BCUT2D eigenvalue weighted by atomic mass is 9.99. The Bertz CT molecular complexity index is 1240. The summed E-state index contributed by atoms with van der Waals surface area (Å²) in [5.74, 6) is 0.725. The Morgan fingerprint density at radius 2 is 1.79 bits per heavy atom. The molecule has 0 bridgehead atoms. The van der Waals surface area contributed by atoms with Crippen LogP contribution in [0.5, 0.6) is 11.5 Å². The average Bonchev–Trinajstić information content (AvgIpc) is 3.38. The van der Waals surface area contributed by atoms with Crippen LogP contribution in [0.3, 0.4) is 0 Å². The van der Waals surface area contributed by atoms with E-state index >= 15 is 0 Å². The molecule has 1 aliphatic rings. The van der Waals surface area contributed by atoms with Crippen molar-refractivity contribution in [3.63, 3.8) is 0 Å². The second kappa shape index (κ2) is 9.47. The largest absolute Gasteiger partial charge is 0.507 e. The fourth-order valence-electron chi connectivity index (χ4n) is 3.86. The van der Waals surface area contributed by atoms with Crippen molar-refractivity contribution < 1.29 is 28.6 Å². The number of hydrogen-bond acceptors (Lipinski definition) is 6. The highest BCUT2D eigenvalue weighted by atomic mass is 16.5. The van der Waals surface area contributed by atoms with Crippen LogP contribution in [0.25, 0.3) is 5.76 Å². The lowest BCUT2D eigenvalue weighted by molar-refractivity contribution is -0.132. The molecule has 0 saturated carbocycles. The lowest BCUT2D eigenvalue weighted by Gasteiger charge is -2.23. The number of hydrogen-bond donors (Lipinski definition) is 1. The van der Waals surface area contributed by atoms with Gasteiger partial charge in [0.15, 0.2) is 0 Å². The number of ether oxygens (including phenoxy) is 2. The van der Waals surface area contributed by atoms with Gasteiger partial charge in [0, 0.05) is 17.3 Å². The summed E-state index contributed by atoms with van der Waals surface area (Å²) in [5, 5.41) is 11.2. The van der Waals surface area contributed by atoms with Crippen molar-refractivity contribution in [2.45, 2.75) is 26.8 Å². The maximum absolute atomic E-state index is 13.2. The van der Waals surface area contributed by atoms with Crippen LogP contribution in [0.4, 0.5) is 5.69 Å². The van der Waals surface area contributed by atoms with Gasteiger partial charge in [-0.15, -0.1) is 0 Å². The Hall–Kier alpha value is -4.00. The maximum atomic E-state index is 13.2. The number of methoxy groups -OCH3 is 1. The van der Waals surface area contributed by atoms with Crippen molar-refractivity contribution in [2.75, 3.05) is 18.6 Å². The van der Waals surface area contributed by atoms with E-state index in [1.54, 1.807) is 67.6 Å². The molecule has 3 aromatic rings. The summed E-state index contributed by atoms with van der Waals surface area (Å²) in [6, 6.07) is 16.1. The molecule has 1 aliphatic heterocycles. The first-order valence-corrected chi connectivity index (χ1v) is 11.0. The molecule has 1 amide bonds. The van der Waals surface area contributed by atoms with E-state index in [9.17, 15) is 14.7 Å². The topological polar surface area (TPSA) is 89.2 Å². The summed E-state index contributed by atoms with van der Waals surface area (Å²) in [4.78, 5) is 27.7. The van der Waals surface area contributed by atoms with E-state index in [2.05, 4.69) is 13.8 Å². The molecule has 4 rings (SSSR count). The zero-order chi connectivity index (χ0) is 24.4. The molecule has 0 spiro atoms. The van der Waals surface area contributed by atoms with E-state index in [0.717, 1.165) is 0 Å². The third kappa shape index (κ3) is 4.41. The smallest absolute Gasteiger partial charge is 0.300 e. The fraction of sp³-hybridized carbons (Fsp3) is 0.259. The van der Waals surface area contributed by atoms with Gasteiger partial charge in [-0.1, -0.05) is 19.9 Å². The number of amides is 1. The number of aryl methyl sites for hydroxylation is 1. The molecule has 0 aliphatic carbocycles. The Kier molecular flexibility index (Phi) is 6.45. The molecular weight excluding hydrogens is 434 g/mol. The molecule has 176 valence electrons. The molecule has 2 heterocycles. The first kappa shape index (κ1) is 23.2. The number of aliphatic hydroxyl groups excluding tert-OH is 1. The van der Waals surface area contributed by atoms with Crippen molar-refractivity contribution in [1.29, 1.82) is 0 Å². The third-order valence-electron chi connectivity index (χ3n) is 5.52. The minimum absolute atomic E-state index is 0.0435. The number of nitrogens with zero attached hydrogens (tertiary/aromatic N) is 1. The minimum atomic E-state index is -0.933. The van der Waals surface area contributed by atoms with Crippen LogP contribution in [0.15, 0.2) is 70.7 Å².